The van der Waals surface area contributed by atoms with Crippen LogP contribution >= 0.6 is 11.3 Å². The molecule has 94 valence electrons. The van der Waals surface area contributed by atoms with Gasteiger partial charge in [-0.3, -0.25) is 4.79 Å². The summed E-state index contributed by atoms with van der Waals surface area (Å²) < 4.78 is 0. The van der Waals surface area contributed by atoms with E-state index >= 15 is 0 Å². The van der Waals surface area contributed by atoms with E-state index in [-0.39, 0.29) is 5.91 Å². The van der Waals surface area contributed by atoms with E-state index in [1.54, 1.807) is 5.38 Å². The molecule has 0 spiro atoms. The Kier molecular flexibility index (Phi) is 3.38. The van der Waals surface area contributed by atoms with Crippen LogP contribution in [0.15, 0.2) is 5.38 Å². The predicted molar refractivity (Wildman–Crippen MR) is 70.0 cm³/mol. The van der Waals surface area contributed by atoms with Crippen molar-refractivity contribution >= 4 is 22.4 Å². The zero-order valence-electron chi connectivity index (χ0n) is 10.3. The summed E-state index contributed by atoms with van der Waals surface area (Å²) in [6.07, 6.45) is 4.44. The lowest BCUT2D eigenvalue weighted by Crippen LogP contribution is -2.39. The van der Waals surface area contributed by atoms with Gasteiger partial charge in [-0.1, -0.05) is 13.8 Å². The number of anilines is 1. The van der Waals surface area contributed by atoms with Gasteiger partial charge in [0.05, 0.1) is 0 Å². The molecule has 4 nitrogen and oxygen atoms in total. The molecule has 1 amide bonds. The maximum absolute atomic E-state index is 11.9. The zero-order chi connectivity index (χ0) is 12.5. The summed E-state index contributed by atoms with van der Waals surface area (Å²) in [4.78, 5) is 15.9. The number of amides is 1. The maximum atomic E-state index is 11.9. The number of carbonyl (C=O) groups excluding carboxylic acids is 1. The highest BCUT2D eigenvalue weighted by Gasteiger charge is 2.27. The number of nitrogens with two attached hydrogens (primary N) is 1. The molecule has 3 N–H and O–H groups in total. The van der Waals surface area contributed by atoms with Crippen molar-refractivity contribution in [2.24, 2.45) is 5.41 Å². The van der Waals surface area contributed by atoms with Crippen molar-refractivity contribution in [2.75, 3.05) is 5.73 Å². The molecule has 0 saturated heterocycles. The summed E-state index contributed by atoms with van der Waals surface area (Å²) in [5.74, 6) is -0.0948. The van der Waals surface area contributed by atoms with Gasteiger partial charge in [-0.05, 0) is 31.1 Å². The van der Waals surface area contributed by atoms with E-state index in [1.807, 2.05) is 0 Å². The predicted octanol–water partition coefficient (Wildman–Crippen LogP) is 2.42. The zero-order valence-corrected chi connectivity index (χ0v) is 11.1. The van der Waals surface area contributed by atoms with Gasteiger partial charge in [0.1, 0.15) is 5.69 Å². The van der Waals surface area contributed by atoms with E-state index in [0.717, 1.165) is 25.7 Å². The van der Waals surface area contributed by atoms with E-state index in [0.29, 0.717) is 22.3 Å². The fraction of sp³-hybridized carbons (Fsp3) is 0.667. The van der Waals surface area contributed by atoms with Gasteiger partial charge in [-0.2, -0.15) is 0 Å². The van der Waals surface area contributed by atoms with Gasteiger partial charge in [-0.25, -0.2) is 4.98 Å². The SMILES string of the molecule is CC1(C)CCC(NC(=O)c2csc(N)n2)CC1. The van der Waals surface area contributed by atoms with Gasteiger partial charge in [0.15, 0.2) is 5.13 Å². The third-order valence-electron chi connectivity index (χ3n) is 3.43. The summed E-state index contributed by atoms with van der Waals surface area (Å²) in [6, 6.07) is 0.290. The topological polar surface area (TPSA) is 68.0 Å². The highest BCUT2D eigenvalue weighted by molar-refractivity contribution is 7.13. The van der Waals surface area contributed by atoms with Crippen LogP contribution in [-0.2, 0) is 0 Å². The maximum Gasteiger partial charge on any atom is 0.271 e. The third kappa shape index (κ3) is 3.19. The summed E-state index contributed by atoms with van der Waals surface area (Å²) in [5.41, 5.74) is 6.38. The Morgan fingerprint density at radius 2 is 2.18 bits per heavy atom. The number of nitrogens with zero attached hydrogens (tertiary/aromatic N) is 1. The van der Waals surface area contributed by atoms with Crippen molar-refractivity contribution < 1.29 is 4.79 Å². The Bertz CT molecular complexity index is 404. The molecule has 0 aromatic carbocycles. The van der Waals surface area contributed by atoms with Crippen LogP contribution in [0.5, 0.6) is 0 Å². The monoisotopic (exact) mass is 253 g/mol. The van der Waals surface area contributed by atoms with E-state index in [2.05, 4.69) is 24.1 Å². The Balaban J connectivity index is 1.88. The molecule has 1 aromatic heterocycles. The number of nitrogens with one attached hydrogen (secondary N) is 1. The van der Waals surface area contributed by atoms with E-state index in [4.69, 9.17) is 5.73 Å². The van der Waals surface area contributed by atoms with Gasteiger partial charge >= 0.3 is 0 Å². The highest BCUT2D eigenvalue weighted by Crippen LogP contribution is 2.35. The lowest BCUT2D eigenvalue weighted by molar-refractivity contribution is 0.0905. The van der Waals surface area contributed by atoms with E-state index in [9.17, 15) is 4.79 Å². The first kappa shape index (κ1) is 12.4. The second kappa shape index (κ2) is 4.64. The summed E-state index contributed by atoms with van der Waals surface area (Å²) in [5, 5.41) is 5.19. The number of hydrogen-bond donors (Lipinski definition) is 2. The Morgan fingerprint density at radius 1 is 1.53 bits per heavy atom. The van der Waals surface area contributed by atoms with Crippen LogP contribution in [0.25, 0.3) is 0 Å². The first-order valence-corrected chi connectivity index (χ1v) is 6.86. The number of aromatic nitrogens is 1. The summed E-state index contributed by atoms with van der Waals surface area (Å²) in [7, 11) is 0. The van der Waals surface area contributed by atoms with Crippen molar-refractivity contribution in [2.45, 2.75) is 45.6 Å². The molecular formula is C12H19N3OS. The molecule has 0 bridgehead atoms. The molecule has 1 heterocycles. The Labute approximate surface area is 106 Å². The first-order chi connectivity index (χ1) is 7.96. The van der Waals surface area contributed by atoms with Crippen molar-refractivity contribution in [3.63, 3.8) is 0 Å². The van der Waals surface area contributed by atoms with Crippen molar-refractivity contribution in [1.29, 1.82) is 0 Å². The van der Waals surface area contributed by atoms with Gasteiger partial charge in [0.2, 0.25) is 0 Å². The average Bonchev–Trinajstić information content (AvgIpc) is 2.68. The largest absolute Gasteiger partial charge is 0.375 e. The van der Waals surface area contributed by atoms with E-state index in [1.165, 1.54) is 11.3 Å². The van der Waals surface area contributed by atoms with Crippen LogP contribution in [0.4, 0.5) is 5.13 Å². The number of hydrogen-bond acceptors (Lipinski definition) is 4. The minimum Gasteiger partial charge on any atom is -0.375 e. The van der Waals surface area contributed by atoms with Gasteiger partial charge in [-0.15, -0.1) is 11.3 Å². The first-order valence-electron chi connectivity index (χ1n) is 5.98. The number of rotatable bonds is 2. The molecule has 0 radical (unpaired) electrons. The van der Waals surface area contributed by atoms with Crippen LogP contribution < -0.4 is 11.1 Å². The molecule has 1 saturated carbocycles. The minimum absolute atomic E-state index is 0.0948. The fourth-order valence-electron chi connectivity index (χ4n) is 2.19. The number of nitrogen functional groups attached to an aromatic ring is 1. The number of carbonyl (C=O) groups is 1. The quantitative estimate of drug-likeness (QED) is 0.850. The molecule has 17 heavy (non-hydrogen) atoms. The lowest BCUT2D eigenvalue weighted by atomic mass is 9.75. The van der Waals surface area contributed by atoms with Crippen LogP contribution in [0, 0.1) is 5.41 Å². The van der Waals surface area contributed by atoms with Crippen LogP contribution in [0.3, 0.4) is 0 Å². The van der Waals surface area contributed by atoms with Crippen LogP contribution in [0.1, 0.15) is 50.0 Å². The highest BCUT2D eigenvalue weighted by atomic mass is 32.1. The molecule has 5 heteroatoms. The standard InChI is InChI=1S/C12H19N3OS/c1-12(2)5-3-8(4-6-12)14-10(16)9-7-17-11(13)15-9/h7-8H,3-6H2,1-2H3,(H2,13,15)(H,14,16). The van der Waals surface area contributed by atoms with E-state index < -0.39 is 0 Å². The number of thiazole rings is 1. The lowest BCUT2D eigenvalue weighted by Gasteiger charge is -2.34. The molecule has 0 atom stereocenters. The molecule has 0 unspecified atom stereocenters. The molecule has 1 fully saturated rings. The average molecular weight is 253 g/mol. The van der Waals surface area contributed by atoms with Crippen molar-refractivity contribution in [1.82, 2.24) is 10.3 Å². The smallest absolute Gasteiger partial charge is 0.271 e. The fourth-order valence-corrected chi connectivity index (χ4v) is 2.74. The molecule has 1 aliphatic rings. The minimum atomic E-state index is -0.0948. The molecule has 2 rings (SSSR count). The molecule has 1 aliphatic carbocycles. The molecule has 0 aliphatic heterocycles. The summed E-state index contributed by atoms with van der Waals surface area (Å²) >= 11 is 1.30. The van der Waals surface area contributed by atoms with Gasteiger partial charge in [0.25, 0.3) is 5.91 Å². The van der Waals surface area contributed by atoms with Crippen molar-refractivity contribution in [3.05, 3.63) is 11.1 Å². The summed E-state index contributed by atoms with van der Waals surface area (Å²) in [6.45, 7) is 4.57. The van der Waals surface area contributed by atoms with Crippen LogP contribution in [0.2, 0.25) is 0 Å². The molecular weight excluding hydrogens is 234 g/mol. The van der Waals surface area contributed by atoms with Crippen molar-refractivity contribution in [3.8, 4) is 0 Å². The van der Waals surface area contributed by atoms with Crippen LogP contribution in [-0.4, -0.2) is 16.9 Å². The normalized spacial score (nSPS) is 20.1. The molecule has 1 aromatic rings. The van der Waals surface area contributed by atoms with Gasteiger partial charge in [0, 0.05) is 11.4 Å². The van der Waals surface area contributed by atoms with Gasteiger partial charge < -0.3 is 11.1 Å². The Morgan fingerprint density at radius 3 is 2.71 bits per heavy atom. The second-order valence-electron chi connectivity index (χ2n) is 5.48. The second-order valence-corrected chi connectivity index (χ2v) is 6.37. The third-order valence-corrected chi connectivity index (χ3v) is 4.10. The Hall–Kier alpha value is -1.10.